The summed E-state index contributed by atoms with van der Waals surface area (Å²) in [6.45, 7) is 0.674. The van der Waals surface area contributed by atoms with Gasteiger partial charge in [-0.3, -0.25) is 0 Å². The quantitative estimate of drug-likeness (QED) is 0.922. The summed E-state index contributed by atoms with van der Waals surface area (Å²) in [7, 11) is 0. The normalized spacial score (nSPS) is 11.0. The van der Waals surface area contributed by atoms with Gasteiger partial charge < -0.3 is 9.84 Å². The number of aromatic nitrogens is 1. The van der Waals surface area contributed by atoms with E-state index in [0.29, 0.717) is 6.92 Å². The van der Waals surface area contributed by atoms with Crippen LogP contribution in [0.25, 0.3) is 0 Å². The molecule has 0 fully saturated rings. The minimum atomic E-state index is -3.23. The molecule has 1 aromatic heterocycles. The zero-order chi connectivity index (χ0) is 15.6. The summed E-state index contributed by atoms with van der Waals surface area (Å²) in [5, 5.41) is 18.7. The van der Waals surface area contributed by atoms with Gasteiger partial charge in [-0.15, -0.1) is 0 Å². The molecular weight excluding hydrogens is 302 g/mol. The molecule has 0 spiro atoms. The number of hydrogen-bond donors (Lipinski definition) is 1. The van der Waals surface area contributed by atoms with Crippen LogP contribution in [0.15, 0.2) is 30.5 Å². The van der Waals surface area contributed by atoms with Crippen molar-refractivity contribution in [2.45, 2.75) is 12.8 Å². The lowest BCUT2D eigenvalue weighted by Gasteiger charge is -2.16. The molecule has 108 valence electrons. The average molecular weight is 311 g/mol. The summed E-state index contributed by atoms with van der Waals surface area (Å²) in [4.78, 5) is 3.51. The van der Waals surface area contributed by atoms with Crippen LogP contribution in [-0.4, -0.2) is 10.1 Å². The highest BCUT2D eigenvalue weighted by Gasteiger charge is 2.31. The van der Waals surface area contributed by atoms with Crippen LogP contribution in [0.2, 0.25) is 5.02 Å². The molecule has 21 heavy (non-hydrogen) atoms. The lowest BCUT2D eigenvalue weighted by Crippen LogP contribution is -2.09. The number of nitrogens with zero attached hydrogens (tertiary/aromatic N) is 2. The van der Waals surface area contributed by atoms with E-state index in [1.807, 2.05) is 6.07 Å². The first-order valence-electron chi connectivity index (χ1n) is 5.76. The standard InChI is InChI=1S/C14H9ClF2N2O2/c1-14(16,17)11-2-3-19-13(20)12(11)21-10-5-8(7-18)4-9(15)6-10/h2-6H,1H3,(H,19,20). The molecule has 0 amide bonds. The third-order valence-corrected chi connectivity index (χ3v) is 2.80. The lowest BCUT2D eigenvalue weighted by atomic mass is 10.1. The molecule has 0 atom stereocenters. The lowest BCUT2D eigenvalue weighted by molar-refractivity contribution is 0.0150. The van der Waals surface area contributed by atoms with Crippen molar-refractivity contribution in [2.75, 3.05) is 0 Å². The molecule has 0 saturated carbocycles. The number of alkyl halides is 2. The second-order valence-corrected chi connectivity index (χ2v) is 4.73. The maximum absolute atomic E-state index is 13.5. The highest BCUT2D eigenvalue weighted by molar-refractivity contribution is 6.30. The first-order valence-corrected chi connectivity index (χ1v) is 6.14. The molecule has 0 radical (unpaired) electrons. The summed E-state index contributed by atoms with van der Waals surface area (Å²) in [6, 6.07) is 6.96. The maximum atomic E-state index is 13.5. The number of benzene rings is 1. The van der Waals surface area contributed by atoms with Gasteiger partial charge in [0.15, 0.2) is 5.75 Å². The van der Waals surface area contributed by atoms with Crippen LogP contribution in [0.1, 0.15) is 18.1 Å². The number of nitriles is 1. The second-order valence-electron chi connectivity index (χ2n) is 4.29. The van der Waals surface area contributed by atoms with Crippen molar-refractivity contribution in [1.29, 1.82) is 5.26 Å². The Kier molecular flexibility index (Phi) is 3.96. The molecule has 4 nitrogen and oxygen atoms in total. The van der Waals surface area contributed by atoms with Gasteiger partial charge in [0.2, 0.25) is 0 Å². The van der Waals surface area contributed by atoms with Gasteiger partial charge in [0.25, 0.3) is 11.8 Å². The van der Waals surface area contributed by atoms with Gasteiger partial charge >= 0.3 is 0 Å². The van der Waals surface area contributed by atoms with Crippen molar-refractivity contribution in [3.05, 3.63) is 46.6 Å². The van der Waals surface area contributed by atoms with E-state index in [1.54, 1.807) is 0 Å². The van der Waals surface area contributed by atoms with Gasteiger partial charge in [-0.2, -0.15) is 5.26 Å². The molecule has 0 bridgehead atoms. The summed E-state index contributed by atoms with van der Waals surface area (Å²) >= 11 is 5.81. The van der Waals surface area contributed by atoms with Crippen molar-refractivity contribution in [2.24, 2.45) is 0 Å². The SMILES string of the molecule is CC(F)(F)c1ccnc(O)c1Oc1cc(Cl)cc(C#N)c1. The van der Waals surface area contributed by atoms with Crippen LogP contribution in [0, 0.1) is 11.3 Å². The van der Waals surface area contributed by atoms with E-state index in [9.17, 15) is 13.9 Å². The molecule has 2 rings (SSSR count). The molecule has 0 aliphatic rings. The summed E-state index contributed by atoms with van der Waals surface area (Å²) in [5.41, 5.74) is -0.320. The van der Waals surface area contributed by atoms with Crippen molar-refractivity contribution < 1.29 is 18.6 Å². The molecule has 0 saturated heterocycles. The van der Waals surface area contributed by atoms with Crippen molar-refractivity contribution >= 4 is 11.6 Å². The van der Waals surface area contributed by atoms with Crippen LogP contribution in [0.4, 0.5) is 8.78 Å². The van der Waals surface area contributed by atoms with Gasteiger partial charge in [0.05, 0.1) is 17.2 Å². The van der Waals surface area contributed by atoms with E-state index >= 15 is 0 Å². The van der Waals surface area contributed by atoms with E-state index in [4.69, 9.17) is 21.6 Å². The topological polar surface area (TPSA) is 66.1 Å². The summed E-state index contributed by atoms with van der Waals surface area (Å²) in [6.07, 6.45) is 1.05. The van der Waals surface area contributed by atoms with Crippen molar-refractivity contribution in [3.8, 4) is 23.4 Å². The second kappa shape index (κ2) is 5.54. The van der Waals surface area contributed by atoms with Gasteiger partial charge in [-0.25, -0.2) is 13.8 Å². The number of aromatic hydroxyl groups is 1. The largest absolute Gasteiger partial charge is 0.491 e. The van der Waals surface area contributed by atoms with Crippen LogP contribution < -0.4 is 4.74 Å². The molecule has 0 unspecified atom stereocenters. The zero-order valence-corrected chi connectivity index (χ0v) is 11.5. The van der Waals surface area contributed by atoms with E-state index in [-0.39, 0.29) is 16.3 Å². The predicted molar refractivity (Wildman–Crippen MR) is 71.7 cm³/mol. The Balaban J connectivity index is 2.50. The molecule has 7 heteroatoms. The fourth-order valence-corrected chi connectivity index (χ4v) is 1.91. The molecule has 1 aromatic carbocycles. The third-order valence-electron chi connectivity index (χ3n) is 2.58. The van der Waals surface area contributed by atoms with Gasteiger partial charge in [-0.05, 0) is 24.3 Å². The van der Waals surface area contributed by atoms with E-state index in [2.05, 4.69) is 4.98 Å². The highest BCUT2D eigenvalue weighted by Crippen LogP contribution is 2.41. The maximum Gasteiger partial charge on any atom is 0.274 e. The summed E-state index contributed by atoms with van der Waals surface area (Å²) < 4.78 is 32.3. The van der Waals surface area contributed by atoms with E-state index in [1.165, 1.54) is 18.2 Å². The van der Waals surface area contributed by atoms with Crippen molar-refractivity contribution in [3.63, 3.8) is 0 Å². The number of rotatable bonds is 3. The Bertz CT molecular complexity index is 724. The van der Waals surface area contributed by atoms with Gasteiger partial charge in [0, 0.05) is 18.1 Å². The Labute approximate surface area is 124 Å². The van der Waals surface area contributed by atoms with Crippen LogP contribution in [0.5, 0.6) is 17.4 Å². The van der Waals surface area contributed by atoms with Crippen molar-refractivity contribution in [1.82, 2.24) is 4.98 Å². The van der Waals surface area contributed by atoms with Gasteiger partial charge in [0.1, 0.15) is 5.75 Å². The van der Waals surface area contributed by atoms with Crippen LogP contribution in [-0.2, 0) is 5.92 Å². The fraction of sp³-hybridized carbons (Fsp3) is 0.143. The van der Waals surface area contributed by atoms with E-state index < -0.39 is 23.1 Å². The third kappa shape index (κ3) is 3.38. The first kappa shape index (κ1) is 15.0. The zero-order valence-electron chi connectivity index (χ0n) is 10.8. The smallest absolute Gasteiger partial charge is 0.274 e. The fourth-order valence-electron chi connectivity index (χ4n) is 1.69. The molecule has 0 aliphatic heterocycles. The highest BCUT2D eigenvalue weighted by atomic mass is 35.5. The molecular formula is C14H9ClF2N2O2. The minimum Gasteiger partial charge on any atom is -0.491 e. The predicted octanol–water partition coefficient (Wildman–Crippen LogP) is 4.22. The Morgan fingerprint density at radius 1 is 1.38 bits per heavy atom. The summed E-state index contributed by atoms with van der Waals surface area (Å²) in [5.74, 6) is -4.33. The van der Waals surface area contributed by atoms with Crippen LogP contribution in [0.3, 0.4) is 0 Å². The molecule has 0 aliphatic carbocycles. The monoisotopic (exact) mass is 310 g/mol. The molecule has 2 aromatic rings. The Morgan fingerprint density at radius 2 is 2.10 bits per heavy atom. The minimum absolute atomic E-state index is 0.0489. The first-order chi connectivity index (χ1) is 9.81. The Morgan fingerprint density at radius 3 is 2.71 bits per heavy atom. The number of pyridine rings is 1. The van der Waals surface area contributed by atoms with Crippen LogP contribution >= 0.6 is 11.6 Å². The Hall–Kier alpha value is -2.39. The number of halogens is 3. The van der Waals surface area contributed by atoms with Gasteiger partial charge in [-0.1, -0.05) is 11.6 Å². The molecule has 1 heterocycles. The number of ether oxygens (including phenoxy) is 1. The van der Waals surface area contributed by atoms with E-state index in [0.717, 1.165) is 12.3 Å². The number of hydrogen-bond acceptors (Lipinski definition) is 4. The molecule has 1 N–H and O–H groups in total. The average Bonchev–Trinajstić information content (AvgIpc) is 2.39.